The largest absolute Gasteiger partial charge is 0.340 e. The van der Waals surface area contributed by atoms with Crippen LogP contribution in [0.15, 0.2) is 0 Å². The number of unbranched alkanes of at least 4 members (excludes halogenated alkanes) is 2. The van der Waals surface area contributed by atoms with Gasteiger partial charge in [0.05, 0.1) is 0 Å². The van der Waals surface area contributed by atoms with Crippen LogP contribution in [0.3, 0.4) is 0 Å². The summed E-state index contributed by atoms with van der Waals surface area (Å²) in [6.07, 6.45) is 11.8. The van der Waals surface area contributed by atoms with Gasteiger partial charge < -0.3 is 10.2 Å². The molecule has 22 heavy (non-hydrogen) atoms. The summed E-state index contributed by atoms with van der Waals surface area (Å²) >= 11 is 0. The lowest BCUT2D eigenvalue weighted by Gasteiger charge is -2.33. The number of carbonyl (C=O) groups is 1. The van der Waals surface area contributed by atoms with Crippen molar-refractivity contribution >= 4 is 5.91 Å². The number of fused-ring (bicyclic) bond motifs is 2. The number of nitrogens with one attached hydrogen (secondary N) is 1. The van der Waals surface area contributed by atoms with Gasteiger partial charge in [0.2, 0.25) is 5.91 Å². The highest BCUT2D eigenvalue weighted by atomic mass is 16.2. The van der Waals surface area contributed by atoms with Crippen molar-refractivity contribution in [1.82, 2.24) is 10.2 Å². The molecule has 2 heterocycles. The molecule has 2 bridgehead atoms. The van der Waals surface area contributed by atoms with E-state index in [2.05, 4.69) is 31.0 Å². The molecule has 0 aromatic heterocycles. The predicted molar refractivity (Wildman–Crippen MR) is 92.9 cm³/mol. The van der Waals surface area contributed by atoms with Gasteiger partial charge in [0.1, 0.15) is 0 Å². The van der Waals surface area contributed by atoms with Crippen molar-refractivity contribution in [2.75, 3.05) is 6.54 Å². The Morgan fingerprint density at radius 1 is 1.14 bits per heavy atom. The van der Waals surface area contributed by atoms with Gasteiger partial charge in [0.25, 0.3) is 0 Å². The van der Waals surface area contributed by atoms with Crippen molar-refractivity contribution < 1.29 is 4.79 Å². The van der Waals surface area contributed by atoms with Gasteiger partial charge in [-0.05, 0) is 51.4 Å². The van der Waals surface area contributed by atoms with Crippen LogP contribution >= 0.6 is 0 Å². The van der Waals surface area contributed by atoms with Crippen molar-refractivity contribution in [2.24, 2.45) is 5.92 Å². The number of carbonyl (C=O) groups excluding carboxylic acids is 1. The SMILES string of the molecule is CCCCCN(C(=O)CC1CC2CCC(C1)N2)C(C)CCC. The summed E-state index contributed by atoms with van der Waals surface area (Å²) in [7, 11) is 0. The molecule has 0 aromatic rings. The van der Waals surface area contributed by atoms with Crippen molar-refractivity contribution in [3.8, 4) is 0 Å². The molecule has 3 heteroatoms. The average Bonchev–Trinajstić information content (AvgIpc) is 2.82. The average molecular weight is 309 g/mol. The highest BCUT2D eigenvalue weighted by Gasteiger charge is 2.35. The maximum Gasteiger partial charge on any atom is 0.223 e. The molecule has 0 radical (unpaired) electrons. The number of amides is 1. The molecule has 2 aliphatic heterocycles. The van der Waals surface area contributed by atoms with E-state index in [4.69, 9.17) is 0 Å². The summed E-state index contributed by atoms with van der Waals surface area (Å²) in [5.74, 6) is 1.04. The fourth-order valence-electron chi connectivity index (χ4n) is 4.40. The molecule has 0 spiro atoms. The normalized spacial score (nSPS) is 28.6. The van der Waals surface area contributed by atoms with Crippen molar-refractivity contribution in [1.29, 1.82) is 0 Å². The van der Waals surface area contributed by atoms with E-state index in [1.165, 1.54) is 38.5 Å². The van der Waals surface area contributed by atoms with Gasteiger partial charge in [-0.3, -0.25) is 4.79 Å². The third-order valence-corrected chi connectivity index (χ3v) is 5.60. The second kappa shape index (κ2) is 8.90. The highest BCUT2D eigenvalue weighted by Crippen LogP contribution is 2.33. The zero-order valence-corrected chi connectivity index (χ0v) is 14.9. The molecule has 1 amide bonds. The highest BCUT2D eigenvalue weighted by molar-refractivity contribution is 5.76. The van der Waals surface area contributed by atoms with Gasteiger partial charge in [0.15, 0.2) is 0 Å². The lowest BCUT2D eigenvalue weighted by molar-refractivity contribution is -0.134. The Kier molecular flexibility index (Phi) is 7.20. The van der Waals surface area contributed by atoms with Crippen LogP contribution in [-0.4, -0.2) is 35.5 Å². The van der Waals surface area contributed by atoms with Crippen LogP contribution in [0.5, 0.6) is 0 Å². The second-order valence-electron chi connectivity index (χ2n) is 7.61. The minimum Gasteiger partial charge on any atom is -0.340 e. The first kappa shape index (κ1) is 17.8. The van der Waals surface area contributed by atoms with E-state index in [0.29, 0.717) is 30.0 Å². The summed E-state index contributed by atoms with van der Waals surface area (Å²) in [6, 6.07) is 1.80. The van der Waals surface area contributed by atoms with Gasteiger partial charge in [-0.2, -0.15) is 0 Å². The number of nitrogens with zero attached hydrogens (tertiary/aromatic N) is 1. The van der Waals surface area contributed by atoms with Gasteiger partial charge in [-0.25, -0.2) is 0 Å². The molecule has 3 atom stereocenters. The second-order valence-corrected chi connectivity index (χ2v) is 7.61. The van der Waals surface area contributed by atoms with Crippen LogP contribution in [0.1, 0.15) is 85.0 Å². The Bertz CT molecular complexity index is 332. The van der Waals surface area contributed by atoms with E-state index in [1.807, 2.05) is 0 Å². The Balaban J connectivity index is 1.86. The van der Waals surface area contributed by atoms with Crippen LogP contribution < -0.4 is 5.32 Å². The predicted octanol–water partition coefficient (Wildman–Crippen LogP) is 4.11. The third-order valence-electron chi connectivity index (χ3n) is 5.60. The quantitative estimate of drug-likeness (QED) is 0.650. The smallest absolute Gasteiger partial charge is 0.223 e. The lowest BCUT2D eigenvalue weighted by atomic mass is 9.89. The zero-order valence-electron chi connectivity index (χ0n) is 14.9. The number of rotatable bonds is 9. The molecule has 0 aliphatic carbocycles. The molecule has 2 aliphatic rings. The maximum absolute atomic E-state index is 12.9. The Labute approximate surface area is 137 Å². The minimum absolute atomic E-state index is 0.410. The molecule has 0 saturated carbocycles. The molecular weight excluding hydrogens is 272 g/mol. The van der Waals surface area contributed by atoms with Crippen LogP contribution in [0.25, 0.3) is 0 Å². The van der Waals surface area contributed by atoms with E-state index in [-0.39, 0.29) is 0 Å². The molecular formula is C19H36N2O. The van der Waals surface area contributed by atoms with Gasteiger partial charge in [-0.15, -0.1) is 0 Å². The van der Waals surface area contributed by atoms with E-state index < -0.39 is 0 Å². The maximum atomic E-state index is 12.9. The van der Waals surface area contributed by atoms with E-state index in [1.54, 1.807) is 0 Å². The van der Waals surface area contributed by atoms with Crippen LogP contribution in [-0.2, 0) is 4.79 Å². The minimum atomic E-state index is 0.410. The van der Waals surface area contributed by atoms with Crippen molar-refractivity contribution in [3.05, 3.63) is 0 Å². The first-order valence-corrected chi connectivity index (χ1v) is 9.69. The Morgan fingerprint density at radius 3 is 2.41 bits per heavy atom. The summed E-state index contributed by atoms with van der Waals surface area (Å²) in [6.45, 7) is 7.65. The standard InChI is InChI=1S/C19H36N2O/c1-4-6-7-11-21(15(3)8-5-2)19(22)14-16-12-17-9-10-18(13-16)20-17/h15-18,20H,4-14H2,1-3H3. The molecule has 3 nitrogen and oxygen atoms in total. The van der Waals surface area contributed by atoms with Gasteiger partial charge in [0, 0.05) is 31.1 Å². The number of hydrogen-bond donors (Lipinski definition) is 1. The van der Waals surface area contributed by atoms with E-state index >= 15 is 0 Å². The van der Waals surface area contributed by atoms with Gasteiger partial charge in [-0.1, -0.05) is 33.1 Å². The third kappa shape index (κ3) is 4.97. The van der Waals surface area contributed by atoms with Crippen molar-refractivity contribution in [2.45, 2.75) is 103 Å². The fraction of sp³-hybridized carbons (Fsp3) is 0.947. The van der Waals surface area contributed by atoms with Gasteiger partial charge >= 0.3 is 0 Å². The molecule has 3 unspecified atom stereocenters. The summed E-state index contributed by atoms with van der Waals surface area (Å²) in [5, 5.41) is 3.68. The van der Waals surface area contributed by atoms with E-state index in [9.17, 15) is 4.79 Å². The fourth-order valence-corrected chi connectivity index (χ4v) is 4.40. The van der Waals surface area contributed by atoms with Crippen LogP contribution in [0, 0.1) is 5.92 Å². The first-order chi connectivity index (χ1) is 10.6. The number of piperidine rings is 1. The van der Waals surface area contributed by atoms with Crippen LogP contribution in [0.4, 0.5) is 0 Å². The van der Waals surface area contributed by atoms with Crippen LogP contribution in [0.2, 0.25) is 0 Å². The number of hydrogen-bond acceptors (Lipinski definition) is 2. The molecule has 2 fully saturated rings. The lowest BCUT2D eigenvalue weighted by Crippen LogP contribution is -2.43. The molecule has 0 aromatic carbocycles. The topological polar surface area (TPSA) is 32.3 Å². The molecule has 1 N–H and O–H groups in total. The monoisotopic (exact) mass is 308 g/mol. The Hall–Kier alpha value is -0.570. The summed E-state index contributed by atoms with van der Waals surface area (Å²) < 4.78 is 0. The molecule has 2 rings (SSSR count). The van der Waals surface area contributed by atoms with E-state index in [0.717, 1.165) is 32.2 Å². The molecule has 128 valence electrons. The van der Waals surface area contributed by atoms with Crippen molar-refractivity contribution in [3.63, 3.8) is 0 Å². The Morgan fingerprint density at radius 2 is 1.82 bits per heavy atom. The molecule has 2 saturated heterocycles. The summed E-state index contributed by atoms with van der Waals surface area (Å²) in [5.41, 5.74) is 0. The first-order valence-electron chi connectivity index (χ1n) is 9.69. The summed E-state index contributed by atoms with van der Waals surface area (Å²) in [4.78, 5) is 15.1. The zero-order chi connectivity index (χ0) is 15.9.